The van der Waals surface area contributed by atoms with Gasteiger partial charge in [-0.3, -0.25) is 0 Å². The van der Waals surface area contributed by atoms with Crippen LogP contribution in [0.3, 0.4) is 0 Å². The SMILES string of the molecule is COc1ccc(N(c2ccc(OC)cc2)c2ccc3c4c(N(c5ccc(OC)cc5)c5ccc(OC)cc5)ccc5c(N(c6ccc(OC)cc6)c6ccc(OC)cc6)ccc(c6c(N(c7ccc(OC)cc7)c7ccc(OC)cc7)ccc2c36)c54)cc1. The third kappa shape index (κ3) is 10.1. The van der Waals surface area contributed by atoms with E-state index >= 15 is 0 Å². The van der Waals surface area contributed by atoms with Crippen molar-refractivity contribution in [3.63, 3.8) is 0 Å². The molecule has 0 N–H and O–H groups in total. The van der Waals surface area contributed by atoms with Gasteiger partial charge >= 0.3 is 0 Å². The molecule has 0 heterocycles. The van der Waals surface area contributed by atoms with Crippen molar-refractivity contribution >= 4 is 111 Å². The molecule has 436 valence electrons. The van der Waals surface area contributed by atoms with Crippen LogP contribution in [-0.2, 0) is 0 Å². The molecule has 0 unspecified atom stereocenters. The summed E-state index contributed by atoms with van der Waals surface area (Å²) in [4.78, 5) is 9.31. The average molecular weight is 1160 g/mol. The first-order chi connectivity index (χ1) is 43.3. The van der Waals surface area contributed by atoms with Crippen LogP contribution in [0.1, 0.15) is 0 Å². The van der Waals surface area contributed by atoms with Gasteiger partial charge in [-0.05, 0) is 229 Å². The molecule has 0 aliphatic carbocycles. The lowest BCUT2D eigenvalue weighted by Gasteiger charge is -2.33. The van der Waals surface area contributed by atoms with Crippen LogP contribution >= 0.6 is 0 Å². The van der Waals surface area contributed by atoms with E-state index in [1.165, 1.54) is 0 Å². The van der Waals surface area contributed by atoms with E-state index in [9.17, 15) is 0 Å². The molecule has 13 aromatic carbocycles. The van der Waals surface area contributed by atoms with Crippen molar-refractivity contribution in [1.82, 2.24) is 0 Å². The van der Waals surface area contributed by atoms with Crippen LogP contribution in [0, 0.1) is 0 Å². The summed E-state index contributed by atoms with van der Waals surface area (Å²) < 4.78 is 46.1. The maximum absolute atomic E-state index is 5.78. The molecular formula is C76H64N4O8. The monoisotopic (exact) mass is 1160 g/mol. The van der Waals surface area contributed by atoms with Gasteiger partial charge < -0.3 is 57.5 Å². The molecule has 13 aromatic rings. The van der Waals surface area contributed by atoms with Crippen LogP contribution in [0.15, 0.2) is 243 Å². The van der Waals surface area contributed by atoms with Gasteiger partial charge in [0.1, 0.15) is 46.0 Å². The van der Waals surface area contributed by atoms with Crippen LogP contribution in [0.5, 0.6) is 46.0 Å². The fourth-order valence-electron chi connectivity index (χ4n) is 12.1. The highest BCUT2D eigenvalue weighted by Gasteiger charge is 2.29. The zero-order valence-electron chi connectivity index (χ0n) is 50.1. The van der Waals surface area contributed by atoms with E-state index in [-0.39, 0.29) is 0 Å². The van der Waals surface area contributed by atoms with Crippen LogP contribution in [0.25, 0.3) is 43.1 Å². The number of methoxy groups -OCH3 is 8. The zero-order chi connectivity index (χ0) is 60.4. The van der Waals surface area contributed by atoms with Crippen LogP contribution in [0.2, 0.25) is 0 Å². The van der Waals surface area contributed by atoms with Crippen molar-refractivity contribution in [1.29, 1.82) is 0 Å². The highest BCUT2D eigenvalue weighted by Crippen LogP contribution is 2.56. The lowest BCUT2D eigenvalue weighted by atomic mass is 9.86. The molecule has 0 bridgehead atoms. The normalized spacial score (nSPS) is 11.2. The summed E-state index contributed by atoms with van der Waals surface area (Å²) in [6, 6.07) is 84.2. The molecule has 0 amide bonds. The topological polar surface area (TPSA) is 86.8 Å². The van der Waals surface area contributed by atoms with Gasteiger partial charge in [0.05, 0.1) is 79.6 Å². The summed E-state index contributed by atoms with van der Waals surface area (Å²) in [6.45, 7) is 0. The molecule has 0 spiro atoms. The van der Waals surface area contributed by atoms with Crippen molar-refractivity contribution in [2.24, 2.45) is 0 Å². The fourth-order valence-corrected chi connectivity index (χ4v) is 12.1. The first-order valence-electron chi connectivity index (χ1n) is 28.8. The number of hydrogen-bond acceptors (Lipinski definition) is 12. The number of ether oxygens (including phenoxy) is 8. The summed E-state index contributed by atoms with van der Waals surface area (Å²) in [5.74, 6) is 6.01. The van der Waals surface area contributed by atoms with Crippen LogP contribution in [0.4, 0.5) is 68.2 Å². The molecule has 0 aliphatic rings. The third-order valence-corrected chi connectivity index (χ3v) is 16.4. The van der Waals surface area contributed by atoms with Gasteiger partial charge in [0.25, 0.3) is 0 Å². The minimum atomic E-state index is 0.748. The summed E-state index contributed by atoms with van der Waals surface area (Å²) >= 11 is 0. The van der Waals surface area contributed by atoms with E-state index < -0.39 is 0 Å². The Labute approximate surface area is 511 Å². The molecule has 0 aromatic heterocycles. The molecule has 13 rings (SSSR count). The second-order valence-electron chi connectivity index (χ2n) is 21.0. The number of anilines is 12. The van der Waals surface area contributed by atoms with E-state index in [1.807, 2.05) is 97.1 Å². The van der Waals surface area contributed by atoms with Crippen molar-refractivity contribution in [3.05, 3.63) is 243 Å². The first-order valence-corrected chi connectivity index (χ1v) is 28.8. The Balaban J connectivity index is 1.22. The second-order valence-corrected chi connectivity index (χ2v) is 21.0. The summed E-state index contributed by atoms with van der Waals surface area (Å²) in [7, 11) is 13.5. The highest BCUT2D eigenvalue weighted by molar-refractivity contribution is 6.40. The second kappa shape index (κ2) is 24.0. The molecule has 12 nitrogen and oxygen atoms in total. The van der Waals surface area contributed by atoms with Gasteiger partial charge in [-0.15, -0.1) is 0 Å². The predicted octanol–water partition coefficient (Wildman–Crippen LogP) is 19.7. The Morgan fingerprint density at radius 2 is 0.318 bits per heavy atom. The van der Waals surface area contributed by atoms with E-state index in [1.54, 1.807) is 56.9 Å². The third-order valence-electron chi connectivity index (χ3n) is 16.4. The Bertz CT molecular complexity index is 4080. The lowest BCUT2D eigenvalue weighted by Crippen LogP contribution is -2.14. The van der Waals surface area contributed by atoms with E-state index in [0.717, 1.165) is 157 Å². The lowest BCUT2D eigenvalue weighted by molar-refractivity contribution is 0.414. The first kappa shape index (κ1) is 55.9. The zero-order valence-corrected chi connectivity index (χ0v) is 50.1. The Kier molecular flexibility index (Phi) is 15.3. The van der Waals surface area contributed by atoms with Crippen LogP contribution < -0.4 is 57.5 Å². The van der Waals surface area contributed by atoms with Gasteiger partial charge in [0, 0.05) is 77.8 Å². The molecule has 88 heavy (non-hydrogen) atoms. The molecule has 0 radical (unpaired) electrons. The maximum Gasteiger partial charge on any atom is 0.119 e. The Morgan fingerprint density at radius 1 is 0.159 bits per heavy atom. The Morgan fingerprint density at radius 3 is 0.500 bits per heavy atom. The molecule has 0 fully saturated rings. The average Bonchev–Trinajstić information content (AvgIpc) is 0.755. The quantitative estimate of drug-likeness (QED) is 0.0538. The van der Waals surface area contributed by atoms with E-state index in [0.29, 0.717) is 0 Å². The number of hydrogen-bond donors (Lipinski definition) is 0. The van der Waals surface area contributed by atoms with Crippen molar-refractivity contribution in [2.45, 2.75) is 0 Å². The number of rotatable bonds is 20. The molecule has 0 atom stereocenters. The fraction of sp³-hybridized carbons (Fsp3) is 0.105. The molecule has 0 saturated carbocycles. The molecule has 12 heteroatoms. The molecule has 0 saturated heterocycles. The van der Waals surface area contributed by atoms with Crippen molar-refractivity contribution < 1.29 is 37.9 Å². The van der Waals surface area contributed by atoms with Gasteiger partial charge in [-0.1, -0.05) is 24.3 Å². The highest BCUT2D eigenvalue weighted by atomic mass is 16.5. The van der Waals surface area contributed by atoms with Gasteiger partial charge in [0.2, 0.25) is 0 Å². The van der Waals surface area contributed by atoms with Gasteiger partial charge in [0.15, 0.2) is 0 Å². The molecular weight excluding hydrogens is 1100 g/mol. The Hall–Kier alpha value is -11.2. The van der Waals surface area contributed by atoms with Gasteiger partial charge in [-0.2, -0.15) is 0 Å². The summed E-state index contributed by atoms with van der Waals surface area (Å²) in [5, 5.41) is 8.26. The largest absolute Gasteiger partial charge is 0.497 e. The smallest absolute Gasteiger partial charge is 0.119 e. The van der Waals surface area contributed by atoms with Gasteiger partial charge in [-0.25, -0.2) is 0 Å². The minimum absolute atomic E-state index is 0.748. The van der Waals surface area contributed by atoms with Crippen molar-refractivity contribution in [2.75, 3.05) is 76.5 Å². The standard InChI is InChI=1S/C76H64N4O8/c1-81-57-25-9-49(10-26-57)77(50-11-27-58(82-2)28-12-50)69-45-43-67-73-65(69)41-47-71(79(53-17-33-61(85-5)34-18-53)54-19-35-62(86-6)36-20-54)75(73)68-44-46-70(78(51-13-29-59(83-3)30-14-51)52-15-31-60(84-4)32-16-52)66-42-48-72(76(67)74(66)68)80(55-21-37-63(87-7)38-22-55)56-23-39-64(88-8)40-24-56/h9-48H,1-8H3. The predicted molar refractivity (Wildman–Crippen MR) is 359 cm³/mol. The number of nitrogens with zero attached hydrogens (tertiary/aromatic N) is 4. The maximum atomic E-state index is 5.78. The summed E-state index contributed by atoms with van der Waals surface area (Å²) in [5.41, 5.74) is 11.3. The van der Waals surface area contributed by atoms with Crippen LogP contribution in [-0.4, -0.2) is 56.9 Å². The van der Waals surface area contributed by atoms with E-state index in [2.05, 4.69) is 165 Å². The van der Waals surface area contributed by atoms with Crippen molar-refractivity contribution in [3.8, 4) is 46.0 Å². The minimum Gasteiger partial charge on any atom is -0.497 e. The number of benzene rings is 13. The number of fused-ring (bicyclic) bond motifs is 2. The molecule has 0 aliphatic heterocycles. The summed E-state index contributed by atoms with van der Waals surface area (Å²) in [6.07, 6.45) is 0. The van der Waals surface area contributed by atoms with E-state index in [4.69, 9.17) is 37.9 Å².